The van der Waals surface area contributed by atoms with Crippen LogP contribution in [0, 0.1) is 0 Å². The molecule has 3 heterocycles. The van der Waals surface area contributed by atoms with Crippen molar-refractivity contribution >= 4 is 11.8 Å². The Morgan fingerprint density at radius 3 is 2.63 bits per heavy atom. The quantitative estimate of drug-likeness (QED) is 0.698. The number of carbonyl (C=O) groups is 1. The van der Waals surface area contributed by atoms with Crippen LogP contribution in [0.15, 0.2) is 66.9 Å². The molecule has 6 heteroatoms. The van der Waals surface area contributed by atoms with Gasteiger partial charge in [-0.05, 0) is 42.7 Å². The molecular formula is C24H25N3O3. The fourth-order valence-corrected chi connectivity index (χ4v) is 4.51. The van der Waals surface area contributed by atoms with E-state index in [4.69, 9.17) is 9.47 Å². The van der Waals surface area contributed by atoms with Gasteiger partial charge in [-0.3, -0.25) is 0 Å². The van der Waals surface area contributed by atoms with Gasteiger partial charge in [0.15, 0.2) is 0 Å². The summed E-state index contributed by atoms with van der Waals surface area (Å²) in [5.74, 6) is 0.835. The van der Waals surface area contributed by atoms with Crippen LogP contribution in [0.2, 0.25) is 0 Å². The normalized spacial score (nSPS) is 16.4. The van der Waals surface area contributed by atoms with Crippen LogP contribution in [0.25, 0.3) is 5.69 Å². The molecule has 0 atom stereocenters. The molecule has 154 valence electrons. The maximum atomic E-state index is 12.6. The summed E-state index contributed by atoms with van der Waals surface area (Å²) in [4.78, 5) is 14.4. The SMILES string of the molecule is COc1ccc2c(c1)-n1cccc1C1(CCN(C(=O)OCc3ccccc3)CC1)N2. The van der Waals surface area contributed by atoms with Crippen molar-refractivity contribution in [1.82, 2.24) is 9.47 Å². The van der Waals surface area contributed by atoms with Gasteiger partial charge < -0.3 is 24.3 Å². The van der Waals surface area contributed by atoms with E-state index in [-0.39, 0.29) is 11.6 Å². The Morgan fingerprint density at radius 2 is 1.87 bits per heavy atom. The number of rotatable bonds is 3. The topological polar surface area (TPSA) is 55.7 Å². The first-order chi connectivity index (χ1) is 14.7. The number of piperidine rings is 1. The number of carbonyl (C=O) groups excluding carboxylic acids is 1. The van der Waals surface area contributed by atoms with E-state index in [2.05, 4.69) is 40.3 Å². The number of likely N-dealkylation sites (tertiary alicyclic amines) is 1. The molecule has 0 aliphatic carbocycles. The van der Waals surface area contributed by atoms with Crippen LogP contribution in [0.4, 0.5) is 10.5 Å². The van der Waals surface area contributed by atoms with Crippen LogP contribution in [0.1, 0.15) is 24.1 Å². The Morgan fingerprint density at radius 1 is 1.07 bits per heavy atom. The van der Waals surface area contributed by atoms with E-state index in [1.807, 2.05) is 41.3 Å². The van der Waals surface area contributed by atoms with Crippen LogP contribution in [-0.4, -0.2) is 35.8 Å². The number of aromatic nitrogens is 1. The highest BCUT2D eigenvalue weighted by Crippen LogP contribution is 2.44. The third-order valence-corrected chi connectivity index (χ3v) is 6.16. The molecule has 1 saturated heterocycles. The van der Waals surface area contributed by atoms with Crippen molar-refractivity contribution in [2.75, 3.05) is 25.5 Å². The largest absolute Gasteiger partial charge is 0.497 e. The number of hydrogen-bond acceptors (Lipinski definition) is 4. The molecule has 0 radical (unpaired) electrons. The van der Waals surface area contributed by atoms with Crippen LogP contribution < -0.4 is 10.1 Å². The minimum absolute atomic E-state index is 0.193. The van der Waals surface area contributed by atoms with E-state index in [1.54, 1.807) is 7.11 Å². The van der Waals surface area contributed by atoms with Crippen molar-refractivity contribution in [1.29, 1.82) is 0 Å². The van der Waals surface area contributed by atoms with E-state index in [0.29, 0.717) is 19.7 Å². The summed E-state index contributed by atoms with van der Waals surface area (Å²) in [6, 6.07) is 20.1. The summed E-state index contributed by atoms with van der Waals surface area (Å²) in [6.07, 6.45) is 3.49. The Hall–Kier alpha value is -3.41. The van der Waals surface area contributed by atoms with Crippen molar-refractivity contribution in [3.63, 3.8) is 0 Å². The highest BCUT2D eigenvalue weighted by Gasteiger charge is 2.42. The summed E-state index contributed by atoms with van der Waals surface area (Å²) in [5.41, 5.74) is 4.20. The fraction of sp³-hybridized carbons (Fsp3) is 0.292. The van der Waals surface area contributed by atoms with Gasteiger partial charge >= 0.3 is 6.09 Å². The van der Waals surface area contributed by atoms with Crippen molar-refractivity contribution in [2.45, 2.75) is 25.0 Å². The molecule has 1 N–H and O–H groups in total. The molecule has 1 spiro atoms. The summed E-state index contributed by atoms with van der Waals surface area (Å²) in [5, 5.41) is 3.77. The number of ether oxygens (including phenoxy) is 2. The highest BCUT2D eigenvalue weighted by molar-refractivity contribution is 5.70. The average molecular weight is 403 g/mol. The summed E-state index contributed by atoms with van der Waals surface area (Å²) >= 11 is 0. The van der Waals surface area contributed by atoms with E-state index in [9.17, 15) is 4.79 Å². The van der Waals surface area contributed by atoms with Crippen molar-refractivity contribution in [3.05, 3.63) is 78.1 Å². The van der Waals surface area contributed by atoms with Gasteiger partial charge in [0.25, 0.3) is 0 Å². The number of fused-ring (bicyclic) bond motifs is 4. The predicted octanol–water partition coefficient (Wildman–Crippen LogP) is 4.54. The predicted molar refractivity (Wildman–Crippen MR) is 115 cm³/mol. The van der Waals surface area contributed by atoms with E-state index < -0.39 is 0 Å². The molecule has 2 aliphatic rings. The molecule has 1 amide bonds. The van der Waals surface area contributed by atoms with Gasteiger partial charge in [-0.15, -0.1) is 0 Å². The maximum Gasteiger partial charge on any atom is 0.410 e. The monoisotopic (exact) mass is 403 g/mol. The first-order valence-corrected chi connectivity index (χ1v) is 10.3. The standard InChI is InChI=1S/C24H25N3O3/c1-29-19-9-10-20-21(16-19)27-13-5-8-22(27)24(25-20)11-14-26(15-12-24)23(28)30-17-18-6-3-2-4-7-18/h2-10,13,16,25H,11-12,14-15,17H2,1H3. The van der Waals surface area contributed by atoms with Gasteiger partial charge in [0.2, 0.25) is 0 Å². The van der Waals surface area contributed by atoms with Gasteiger partial charge in [-0.2, -0.15) is 0 Å². The molecule has 1 fully saturated rings. The van der Waals surface area contributed by atoms with E-state index in [1.165, 1.54) is 5.69 Å². The number of hydrogen-bond donors (Lipinski definition) is 1. The third kappa shape index (κ3) is 3.18. The van der Waals surface area contributed by atoms with Gasteiger partial charge in [0.05, 0.1) is 24.0 Å². The van der Waals surface area contributed by atoms with Crippen LogP contribution in [0.5, 0.6) is 5.75 Å². The number of anilines is 1. The molecule has 2 aromatic carbocycles. The number of amides is 1. The lowest BCUT2D eigenvalue weighted by atomic mass is 9.82. The first-order valence-electron chi connectivity index (χ1n) is 10.3. The minimum atomic E-state index is -0.245. The molecule has 30 heavy (non-hydrogen) atoms. The lowest BCUT2D eigenvalue weighted by Crippen LogP contribution is -2.51. The average Bonchev–Trinajstić information content (AvgIpc) is 3.30. The van der Waals surface area contributed by atoms with Crippen molar-refractivity contribution < 1.29 is 14.3 Å². The maximum absolute atomic E-state index is 12.6. The van der Waals surface area contributed by atoms with Crippen molar-refractivity contribution in [2.24, 2.45) is 0 Å². The van der Waals surface area contributed by atoms with Gasteiger partial charge in [0.1, 0.15) is 12.4 Å². The van der Waals surface area contributed by atoms with Crippen molar-refractivity contribution in [3.8, 4) is 11.4 Å². The Bertz CT molecular complexity index is 1050. The van der Waals surface area contributed by atoms with Crippen LogP contribution >= 0.6 is 0 Å². The molecule has 1 aromatic heterocycles. The lowest BCUT2D eigenvalue weighted by molar-refractivity contribution is 0.0794. The van der Waals surface area contributed by atoms with Crippen LogP contribution in [-0.2, 0) is 16.9 Å². The molecular weight excluding hydrogens is 378 g/mol. The van der Waals surface area contributed by atoms with Gasteiger partial charge in [0, 0.05) is 31.0 Å². The molecule has 5 rings (SSSR count). The van der Waals surface area contributed by atoms with Gasteiger partial charge in [-0.25, -0.2) is 4.79 Å². The van der Waals surface area contributed by atoms with Crippen LogP contribution in [0.3, 0.4) is 0 Å². The fourth-order valence-electron chi connectivity index (χ4n) is 4.51. The summed E-state index contributed by atoms with van der Waals surface area (Å²) in [7, 11) is 1.68. The summed E-state index contributed by atoms with van der Waals surface area (Å²) < 4.78 is 13.2. The zero-order chi connectivity index (χ0) is 20.6. The minimum Gasteiger partial charge on any atom is -0.497 e. The van der Waals surface area contributed by atoms with Gasteiger partial charge in [-0.1, -0.05) is 30.3 Å². The Kier molecular flexibility index (Phi) is 4.62. The van der Waals surface area contributed by atoms with E-state index >= 15 is 0 Å². The number of nitrogens with one attached hydrogen (secondary N) is 1. The molecule has 2 aliphatic heterocycles. The number of nitrogens with zero attached hydrogens (tertiary/aromatic N) is 2. The zero-order valence-corrected chi connectivity index (χ0v) is 17.0. The second-order valence-corrected chi connectivity index (χ2v) is 7.88. The highest BCUT2D eigenvalue weighted by atomic mass is 16.6. The summed E-state index contributed by atoms with van der Waals surface area (Å²) in [6.45, 7) is 1.60. The Labute approximate surface area is 176 Å². The molecule has 3 aromatic rings. The Balaban J connectivity index is 1.30. The second-order valence-electron chi connectivity index (χ2n) is 7.88. The first kappa shape index (κ1) is 18.6. The van der Waals surface area contributed by atoms with E-state index in [0.717, 1.165) is 35.5 Å². The second kappa shape index (κ2) is 7.44. The number of benzene rings is 2. The zero-order valence-electron chi connectivity index (χ0n) is 17.0. The molecule has 0 bridgehead atoms. The lowest BCUT2D eigenvalue weighted by Gasteiger charge is -2.46. The molecule has 6 nitrogen and oxygen atoms in total. The number of methoxy groups -OCH3 is 1. The smallest absolute Gasteiger partial charge is 0.410 e. The molecule has 0 saturated carbocycles. The third-order valence-electron chi connectivity index (χ3n) is 6.16. The molecule has 0 unspecified atom stereocenters.